The first-order valence-corrected chi connectivity index (χ1v) is 10.5. The molecule has 0 aliphatic carbocycles. The van der Waals surface area contributed by atoms with Crippen LogP contribution in [0, 0.1) is 13.8 Å². The van der Waals surface area contributed by atoms with Gasteiger partial charge in [0, 0.05) is 21.5 Å². The molecule has 0 radical (unpaired) electrons. The number of carbonyl (C=O) groups excluding carboxylic acids is 1. The highest BCUT2D eigenvalue weighted by molar-refractivity contribution is 7.17. The minimum Gasteiger partial charge on any atom is -0.292 e. The van der Waals surface area contributed by atoms with Crippen LogP contribution in [0.4, 0.5) is 0 Å². The molecule has 7 heteroatoms. The zero-order chi connectivity index (χ0) is 20.7. The summed E-state index contributed by atoms with van der Waals surface area (Å²) in [5, 5.41) is 3.18. The summed E-state index contributed by atoms with van der Waals surface area (Å²) in [6, 6.07) is 10.8. The summed E-state index contributed by atoms with van der Waals surface area (Å²) in [5.74, 6) is -0.279. The predicted molar refractivity (Wildman–Crippen MR) is 120 cm³/mol. The Balaban J connectivity index is 1.78. The number of hydrogen-bond acceptors (Lipinski definition) is 4. The van der Waals surface area contributed by atoms with E-state index in [9.17, 15) is 9.59 Å². The number of rotatable bonds is 4. The molecule has 0 N–H and O–H groups in total. The molecule has 0 saturated heterocycles. The highest BCUT2D eigenvalue weighted by Gasteiger charge is 2.17. The lowest BCUT2D eigenvalue weighted by molar-refractivity contribution is 0.0971. The van der Waals surface area contributed by atoms with Crippen LogP contribution in [0.25, 0.3) is 21.3 Å². The van der Waals surface area contributed by atoms with E-state index in [4.69, 9.17) is 23.2 Å². The van der Waals surface area contributed by atoms with E-state index in [0.717, 1.165) is 22.3 Å². The first-order valence-electron chi connectivity index (χ1n) is 8.87. The van der Waals surface area contributed by atoms with E-state index in [0.29, 0.717) is 20.8 Å². The van der Waals surface area contributed by atoms with Crippen molar-refractivity contribution in [2.24, 2.45) is 0 Å². The van der Waals surface area contributed by atoms with Crippen molar-refractivity contribution < 1.29 is 4.79 Å². The molecule has 2 heterocycles. The van der Waals surface area contributed by atoms with Crippen LogP contribution in [0.15, 0.2) is 52.9 Å². The Morgan fingerprint density at radius 1 is 1.10 bits per heavy atom. The summed E-state index contributed by atoms with van der Waals surface area (Å²) in [7, 11) is 0. The maximum absolute atomic E-state index is 13.2. The van der Waals surface area contributed by atoms with Crippen molar-refractivity contribution >= 4 is 50.5 Å². The van der Waals surface area contributed by atoms with E-state index < -0.39 is 0 Å². The number of aromatic nitrogens is 2. The maximum atomic E-state index is 13.2. The van der Waals surface area contributed by atoms with Gasteiger partial charge in [0.05, 0.1) is 23.3 Å². The highest BCUT2D eigenvalue weighted by Crippen LogP contribution is 2.33. The van der Waals surface area contributed by atoms with Crippen LogP contribution in [0.3, 0.4) is 0 Å². The molecule has 0 saturated carbocycles. The Kier molecular flexibility index (Phi) is 5.30. The number of halogens is 2. The highest BCUT2D eigenvalue weighted by atomic mass is 35.5. The topological polar surface area (TPSA) is 52.0 Å². The summed E-state index contributed by atoms with van der Waals surface area (Å²) in [5.41, 5.74) is 4.15. The predicted octanol–water partition coefficient (Wildman–Crippen LogP) is 5.93. The molecule has 4 nitrogen and oxygen atoms in total. The van der Waals surface area contributed by atoms with Gasteiger partial charge in [0.25, 0.3) is 5.56 Å². The van der Waals surface area contributed by atoms with Gasteiger partial charge in [-0.2, -0.15) is 0 Å². The summed E-state index contributed by atoms with van der Waals surface area (Å²) >= 11 is 13.5. The monoisotopic (exact) mass is 442 g/mol. The van der Waals surface area contributed by atoms with Crippen molar-refractivity contribution in [3.05, 3.63) is 85.2 Å². The van der Waals surface area contributed by atoms with Gasteiger partial charge in [-0.25, -0.2) is 4.98 Å². The Labute approximate surface area is 181 Å². The molecule has 0 aliphatic rings. The van der Waals surface area contributed by atoms with E-state index in [1.54, 1.807) is 12.1 Å². The third kappa shape index (κ3) is 3.73. The number of fused-ring (bicyclic) bond motifs is 1. The number of carbonyl (C=O) groups is 1. The minimum absolute atomic E-state index is 0.148. The molecular weight excluding hydrogens is 427 g/mol. The number of Topliss-reactive ketones (excluding diaryl/α,β-unsaturated/α-hetero) is 1. The van der Waals surface area contributed by atoms with Gasteiger partial charge in [0.15, 0.2) is 5.78 Å². The van der Waals surface area contributed by atoms with Crippen molar-refractivity contribution in [3.63, 3.8) is 0 Å². The summed E-state index contributed by atoms with van der Waals surface area (Å²) < 4.78 is 1.33. The summed E-state index contributed by atoms with van der Waals surface area (Å²) in [6.45, 7) is 3.91. The second kappa shape index (κ2) is 7.75. The number of ketones is 1. The standard InChI is InChI=1S/C22H16Cl2N2O2S/c1-12-3-5-15(13(2)7-12)17-10-29-21-20(17)22(28)26(11-25-21)9-19(27)16-6-4-14(23)8-18(16)24/h3-8,10-11H,9H2,1-2H3. The van der Waals surface area contributed by atoms with E-state index in [-0.39, 0.29) is 22.9 Å². The average Bonchev–Trinajstić information content (AvgIpc) is 3.08. The number of thiophene rings is 1. The van der Waals surface area contributed by atoms with E-state index in [1.807, 2.05) is 31.4 Å². The van der Waals surface area contributed by atoms with Gasteiger partial charge in [-0.15, -0.1) is 11.3 Å². The molecule has 0 spiro atoms. The molecule has 0 fully saturated rings. The molecule has 4 aromatic rings. The zero-order valence-electron chi connectivity index (χ0n) is 15.7. The number of nitrogens with zero attached hydrogens (tertiary/aromatic N) is 2. The second-order valence-electron chi connectivity index (χ2n) is 6.87. The van der Waals surface area contributed by atoms with Crippen LogP contribution in [-0.4, -0.2) is 15.3 Å². The van der Waals surface area contributed by atoms with Gasteiger partial charge in [-0.3, -0.25) is 14.2 Å². The number of benzene rings is 2. The Morgan fingerprint density at radius 2 is 1.90 bits per heavy atom. The van der Waals surface area contributed by atoms with Gasteiger partial charge < -0.3 is 0 Å². The largest absolute Gasteiger partial charge is 0.292 e. The van der Waals surface area contributed by atoms with Crippen molar-refractivity contribution in [1.82, 2.24) is 9.55 Å². The van der Waals surface area contributed by atoms with Crippen molar-refractivity contribution in [2.75, 3.05) is 0 Å². The van der Waals surface area contributed by atoms with Crippen molar-refractivity contribution in [2.45, 2.75) is 20.4 Å². The maximum Gasteiger partial charge on any atom is 0.263 e. The van der Waals surface area contributed by atoms with Gasteiger partial charge >= 0.3 is 0 Å². The van der Waals surface area contributed by atoms with Crippen molar-refractivity contribution in [1.29, 1.82) is 0 Å². The molecule has 0 unspecified atom stereocenters. The third-order valence-electron chi connectivity index (χ3n) is 4.78. The Hall–Kier alpha value is -2.47. The first kappa shape index (κ1) is 19.8. The van der Waals surface area contributed by atoms with Crippen LogP contribution >= 0.6 is 34.5 Å². The van der Waals surface area contributed by atoms with Crippen LogP contribution < -0.4 is 5.56 Å². The van der Waals surface area contributed by atoms with E-state index in [1.165, 1.54) is 28.3 Å². The van der Waals surface area contributed by atoms with Gasteiger partial charge in [0.1, 0.15) is 4.83 Å². The number of aryl methyl sites for hydroxylation is 2. The summed E-state index contributed by atoms with van der Waals surface area (Å²) in [4.78, 5) is 30.9. The van der Waals surface area contributed by atoms with Gasteiger partial charge in [0.2, 0.25) is 0 Å². The molecule has 0 atom stereocenters. The molecule has 0 amide bonds. The molecule has 0 aliphatic heterocycles. The lowest BCUT2D eigenvalue weighted by atomic mass is 9.99. The van der Waals surface area contributed by atoms with Gasteiger partial charge in [-0.1, -0.05) is 47.0 Å². The molecule has 2 aromatic heterocycles. The average molecular weight is 443 g/mol. The SMILES string of the molecule is Cc1ccc(-c2csc3ncn(CC(=O)c4ccc(Cl)cc4Cl)c(=O)c23)c(C)c1. The molecule has 146 valence electrons. The second-order valence-corrected chi connectivity index (χ2v) is 8.57. The zero-order valence-corrected chi connectivity index (χ0v) is 18.0. The number of hydrogen-bond donors (Lipinski definition) is 0. The molecule has 2 aromatic carbocycles. The minimum atomic E-state index is -0.279. The molecule has 4 rings (SSSR count). The van der Waals surface area contributed by atoms with Crippen molar-refractivity contribution in [3.8, 4) is 11.1 Å². The lowest BCUT2D eigenvalue weighted by Gasteiger charge is -2.09. The fourth-order valence-electron chi connectivity index (χ4n) is 3.35. The third-order valence-corrected chi connectivity index (χ3v) is 6.21. The quantitative estimate of drug-likeness (QED) is 0.367. The first-order chi connectivity index (χ1) is 13.8. The van der Waals surface area contributed by atoms with Crippen LogP contribution in [0.5, 0.6) is 0 Å². The Bertz CT molecular complexity index is 1320. The molecule has 29 heavy (non-hydrogen) atoms. The lowest BCUT2D eigenvalue weighted by Crippen LogP contribution is -2.24. The molecular formula is C22H16Cl2N2O2S. The van der Waals surface area contributed by atoms with E-state index >= 15 is 0 Å². The summed E-state index contributed by atoms with van der Waals surface area (Å²) in [6.07, 6.45) is 1.41. The molecule has 0 bridgehead atoms. The van der Waals surface area contributed by atoms with Crippen LogP contribution in [0.1, 0.15) is 21.5 Å². The van der Waals surface area contributed by atoms with E-state index in [2.05, 4.69) is 11.1 Å². The Morgan fingerprint density at radius 3 is 2.62 bits per heavy atom. The smallest absolute Gasteiger partial charge is 0.263 e. The fourth-order valence-corrected chi connectivity index (χ4v) is 4.76. The fraction of sp³-hybridized carbons (Fsp3) is 0.136. The normalized spacial score (nSPS) is 11.2. The van der Waals surface area contributed by atoms with Gasteiger partial charge in [-0.05, 0) is 43.2 Å². The van der Waals surface area contributed by atoms with Crippen LogP contribution in [-0.2, 0) is 6.54 Å². The van der Waals surface area contributed by atoms with Crippen LogP contribution in [0.2, 0.25) is 10.0 Å².